The molecule has 1 aliphatic rings. The highest BCUT2D eigenvalue weighted by Crippen LogP contribution is 2.31. The Balaban J connectivity index is 1.38. The molecule has 0 aliphatic carbocycles. The third-order valence-corrected chi connectivity index (χ3v) is 6.75. The monoisotopic (exact) mass is 470 g/mol. The molecule has 6 nitrogen and oxygen atoms in total. The number of aromatic nitrogens is 2. The van der Waals surface area contributed by atoms with Gasteiger partial charge in [-0.3, -0.25) is 14.8 Å². The molecule has 1 atom stereocenters. The first-order chi connectivity index (χ1) is 16.8. The van der Waals surface area contributed by atoms with Crippen molar-refractivity contribution in [2.24, 2.45) is 0 Å². The molecule has 0 radical (unpaired) electrons. The van der Waals surface area contributed by atoms with Gasteiger partial charge in [0.15, 0.2) is 0 Å². The molecule has 2 N–H and O–H groups in total. The Kier molecular flexibility index (Phi) is 6.24. The Morgan fingerprint density at radius 3 is 2.71 bits per heavy atom. The predicted molar refractivity (Wildman–Crippen MR) is 142 cm³/mol. The molecule has 1 aliphatic heterocycles. The minimum atomic E-state index is -0.293. The average Bonchev–Trinajstić information content (AvgIpc) is 3.47. The van der Waals surface area contributed by atoms with E-state index in [1.807, 2.05) is 39.0 Å². The van der Waals surface area contributed by atoms with Crippen LogP contribution in [0.25, 0.3) is 32.9 Å². The van der Waals surface area contributed by atoms with Gasteiger partial charge in [0.1, 0.15) is 12.4 Å². The van der Waals surface area contributed by atoms with E-state index in [9.17, 15) is 4.79 Å². The molecule has 182 valence electrons. The molecule has 35 heavy (non-hydrogen) atoms. The largest absolute Gasteiger partial charge is 0.492 e. The zero-order valence-corrected chi connectivity index (χ0v) is 21.0. The van der Waals surface area contributed by atoms with E-state index < -0.39 is 0 Å². The molecule has 0 bridgehead atoms. The minimum absolute atomic E-state index is 0.0859. The number of aromatic amines is 1. The number of carbonyl (C=O) groups excluding carboxylic acids is 1. The van der Waals surface area contributed by atoms with E-state index >= 15 is 0 Å². The molecule has 0 spiro atoms. The van der Waals surface area contributed by atoms with Gasteiger partial charge < -0.3 is 10.1 Å². The van der Waals surface area contributed by atoms with Crippen LogP contribution < -0.4 is 10.1 Å². The quantitative estimate of drug-likeness (QED) is 0.375. The number of carbonyl (C=O) groups is 1. The third kappa shape index (κ3) is 5.03. The Labute approximate surface area is 206 Å². The summed E-state index contributed by atoms with van der Waals surface area (Å²) < 4.78 is 6.16. The van der Waals surface area contributed by atoms with Crippen molar-refractivity contribution < 1.29 is 9.53 Å². The summed E-state index contributed by atoms with van der Waals surface area (Å²) in [4.78, 5) is 15.2. The first-order valence-corrected chi connectivity index (χ1v) is 12.5. The molecule has 4 aromatic rings. The van der Waals surface area contributed by atoms with Gasteiger partial charge in [-0.1, -0.05) is 25.1 Å². The number of nitrogens with one attached hydrogen (secondary N) is 2. The first-order valence-electron chi connectivity index (χ1n) is 12.5. The zero-order chi connectivity index (χ0) is 24.6. The van der Waals surface area contributed by atoms with Crippen molar-refractivity contribution >= 4 is 27.6 Å². The van der Waals surface area contributed by atoms with E-state index in [1.165, 1.54) is 19.4 Å². The first kappa shape index (κ1) is 23.4. The Bertz CT molecular complexity index is 1370. The van der Waals surface area contributed by atoms with Crippen LogP contribution in [0.2, 0.25) is 0 Å². The number of benzene rings is 3. The second-order valence-electron chi connectivity index (χ2n) is 10.5. The lowest BCUT2D eigenvalue weighted by molar-refractivity contribution is 0.0919. The van der Waals surface area contributed by atoms with Gasteiger partial charge in [0.2, 0.25) is 0 Å². The van der Waals surface area contributed by atoms with Crippen molar-refractivity contribution in [3.05, 3.63) is 60.2 Å². The fourth-order valence-corrected chi connectivity index (χ4v) is 4.94. The standard InChI is InChI=1S/C29H34N4O2/c1-5-33-14-6-7-23(33)18-35-24-12-10-19-15-21(9-8-20(19)16-24)27-25-17-22(11-13-26(25)31-32-27)28(34)30-29(2,3)4/h8-13,15-17,23H,5-7,14,18H2,1-4H3,(H,30,34)(H,31,32)/t23-/m0/s1. The van der Waals surface area contributed by atoms with Gasteiger partial charge in [0, 0.05) is 28.1 Å². The van der Waals surface area contributed by atoms with Gasteiger partial charge in [-0.2, -0.15) is 5.10 Å². The summed E-state index contributed by atoms with van der Waals surface area (Å²) in [5.74, 6) is 0.824. The van der Waals surface area contributed by atoms with Crippen LogP contribution in [0.5, 0.6) is 5.75 Å². The lowest BCUT2D eigenvalue weighted by Crippen LogP contribution is -2.40. The molecule has 3 aromatic carbocycles. The van der Waals surface area contributed by atoms with Crippen molar-refractivity contribution in [3.8, 4) is 17.0 Å². The average molecular weight is 471 g/mol. The number of likely N-dealkylation sites (N-methyl/N-ethyl adjacent to an activating group) is 1. The lowest BCUT2D eigenvalue weighted by Gasteiger charge is -2.22. The Morgan fingerprint density at radius 2 is 1.91 bits per heavy atom. The van der Waals surface area contributed by atoms with Crippen molar-refractivity contribution in [2.75, 3.05) is 19.7 Å². The van der Waals surface area contributed by atoms with Crippen LogP contribution >= 0.6 is 0 Å². The maximum Gasteiger partial charge on any atom is 0.251 e. The van der Waals surface area contributed by atoms with E-state index in [4.69, 9.17) is 4.74 Å². The maximum atomic E-state index is 12.7. The molecular formula is C29H34N4O2. The van der Waals surface area contributed by atoms with Gasteiger partial charge in [0.05, 0.1) is 11.2 Å². The number of hydrogen-bond acceptors (Lipinski definition) is 4. The molecule has 0 unspecified atom stereocenters. The van der Waals surface area contributed by atoms with Gasteiger partial charge in [-0.15, -0.1) is 0 Å². The molecular weight excluding hydrogens is 436 g/mol. The Hall–Kier alpha value is -3.38. The maximum absolute atomic E-state index is 12.7. The molecule has 0 saturated carbocycles. The topological polar surface area (TPSA) is 70.2 Å². The van der Waals surface area contributed by atoms with E-state index in [1.54, 1.807) is 0 Å². The van der Waals surface area contributed by atoms with E-state index in [2.05, 4.69) is 63.7 Å². The zero-order valence-electron chi connectivity index (χ0n) is 21.0. The Morgan fingerprint density at radius 1 is 1.11 bits per heavy atom. The third-order valence-electron chi connectivity index (χ3n) is 6.75. The molecule has 2 heterocycles. The summed E-state index contributed by atoms with van der Waals surface area (Å²) in [5.41, 5.74) is 3.09. The van der Waals surface area contributed by atoms with Crippen LogP contribution in [0.1, 0.15) is 50.9 Å². The van der Waals surface area contributed by atoms with Crippen molar-refractivity contribution in [3.63, 3.8) is 0 Å². The van der Waals surface area contributed by atoms with E-state index in [0.29, 0.717) is 11.6 Å². The van der Waals surface area contributed by atoms with Crippen LogP contribution in [0.15, 0.2) is 54.6 Å². The SMILES string of the molecule is CCN1CCC[C@H]1COc1ccc2cc(-c3n[nH]c4ccc(C(=O)NC(C)(C)C)cc34)ccc2c1. The van der Waals surface area contributed by atoms with Gasteiger partial charge in [0.25, 0.3) is 5.91 Å². The van der Waals surface area contributed by atoms with Crippen LogP contribution in [-0.2, 0) is 0 Å². The van der Waals surface area contributed by atoms with Gasteiger partial charge in [-0.05, 0) is 93.9 Å². The fraction of sp³-hybridized carbons (Fsp3) is 0.379. The van der Waals surface area contributed by atoms with Crippen LogP contribution in [0, 0.1) is 0 Å². The number of fused-ring (bicyclic) bond motifs is 2. The van der Waals surface area contributed by atoms with E-state index in [0.717, 1.165) is 51.8 Å². The number of amides is 1. The molecule has 1 saturated heterocycles. The molecule has 6 heteroatoms. The number of rotatable bonds is 6. The molecule has 5 rings (SSSR count). The minimum Gasteiger partial charge on any atom is -0.492 e. The van der Waals surface area contributed by atoms with Gasteiger partial charge in [-0.25, -0.2) is 0 Å². The summed E-state index contributed by atoms with van der Waals surface area (Å²) >= 11 is 0. The van der Waals surface area contributed by atoms with Crippen molar-refractivity contribution in [1.29, 1.82) is 0 Å². The molecule has 1 fully saturated rings. The smallest absolute Gasteiger partial charge is 0.251 e. The van der Waals surface area contributed by atoms with Gasteiger partial charge >= 0.3 is 0 Å². The highest BCUT2D eigenvalue weighted by molar-refractivity contribution is 6.02. The van der Waals surface area contributed by atoms with Crippen LogP contribution in [0.3, 0.4) is 0 Å². The number of hydrogen-bond donors (Lipinski definition) is 2. The predicted octanol–water partition coefficient (Wildman–Crippen LogP) is 5.77. The van der Waals surface area contributed by atoms with Crippen molar-refractivity contribution in [2.45, 2.75) is 52.1 Å². The fourth-order valence-electron chi connectivity index (χ4n) is 4.94. The number of nitrogens with zero attached hydrogens (tertiary/aromatic N) is 2. The number of likely N-dealkylation sites (tertiary alicyclic amines) is 1. The summed E-state index contributed by atoms with van der Waals surface area (Å²) in [5, 5.41) is 13.9. The summed E-state index contributed by atoms with van der Waals surface area (Å²) in [6, 6.07) is 18.8. The number of H-pyrrole nitrogens is 1. The second-order valence-corrected chi connectivity index (χ2v) is 10.5. The second kappa shape index (κ2) is 9.34. The van der Waals surface area contributed by atoms with Crippen molar-refractivity contribution in [1.82, 2.24) is 20.4 Å². The molecule has 1 aromatic heterocycles. The summed E-state index contributed by atoms with van der Waals surface area (Å²) in [7, 11) is 0. The highest BCUT2D eigenvalue weighted by atomic mass is 16.5. The normalized spacial score (nSPS) is 16.7. The van der Waals surface area contributed by atoms with Crippen LogP contribution in [-0.4, -0.2) is 52.3 Å². The summed E-state index contributed by atoms with van der Waals surface area (Å²) in [6.45, 7) is 11.2. The highest BCUT2D eigenvalue weighted by Gasteiger charge is 2.23. The molecule has 1 amide bonds. The number of ether oxygens (including phenoxy) is 1. The lowest BCUT2D eigenvalue weighted by atomic mass is 10.0. The van der Waals surface area contributed by atoms with Crippen LogP contribution in [0.4, 0.5) is 0 Å². The van der Waals surface area contributed by atoms with E-state index in [-0.39, 0.29) is 11.4 Å². The summed E-state index contributed by atoms with van der Waals surface area (Å²) in [6.07, 6.45) is 2.47.